The number of guanidine groups is 1. The number of aliphatic imine (C=N–C) groups is 1. The third-order valence-electron chi connectivity index (χ3n) is 4.66. The van der Waals surface area contributed by atoms with E-state index in [0.29, 0.717) is 6.61 Å². The lowest BCUT2D eigenvalue weighted by atomic mass is 10.1. The standard InChI is InChI=1S/C20H34N4O/c1-21-20(22-12-7-15-24-13-5-3-4-6-14-24)23-16-18-8-10-19(11-9-18)17-25-2/h8-11H,3-7,12-17H2,1-2H3,(H2,21,22,23). The van der Waals surface area contributed by atoms with Crippen molar-refractivity contribution >= 4 is 5.96 Å². The Hall–Kier alpha value is -1.59. The molecule has 140 valence electrons. The van der Waals surface area contributed by atoms with Crippen molar-refractivity contribution in [3.05, 3.63) is 35.4 Å². The monoisotopic (exact) mass is 346 g/mol. The second-order valence-electron chi connectivity index (χ2n) is 6.71. The van der Waals surface area contributed by atoms with Crippen molar-refractivity contribution in [3.63, 3.8) is 0 Å². The Morgan fingerprint density at radius 2 is 1.72 bits per heavy atom. The Balaban J connectivity index is 1.63. The van der Waals surface area contributed by atoms with Crippen LogP contribution in [0, 0.1) is 0 Å². The number of ether oxygens (including phenoxy) is 1. The second kappa shape index (κ2) is 11.9. The van der Waals surface area contributed by atoms with Gasteiger partial charge in [-0.25, -0.2) is 0 Å². The number of nitrogens with zero attached hydrogens (tertiary/aromatic N) is 2. The fraction of sp³-hybridized carbons (Fsp3) is 0.650. The summed E-state index contributed by atoms with van der Waals surface area (Å²) in [5.41, 5.74) is 2.44. The van der Waals surface area contributed by atoms with Gasteiger partial charge in [0.2, 0.25) is 0 Å². The molecular weight excluding hydrogens is 312 g/mol. The summed E-state index contributed by atoms with van der Waals surface area (Å²) in [6, 6.07) is 8.48. The molecule has 2 rings (SSSR count). The molecule has 0 aromatic heterocycles. The zero-order valence-electron chi connectivity index (χ0n) is 15.9. The average molecular weight is 347 g/mol. The van der Waals surface area contributed by atoms with Crippen molar-refractivity contribution in [2.75, 3.05) is 40.3 Å². The number of benzene rings is 1. The van der Waals surface area contributed by atoms with Gasteiger partial charge in [-0.05, 0) is 50.0 Å². The molecule has 5 nitrogen and oxygen atoms in total. The molecule has 1 aromatic rings. The molecule has 1 aromatic carbocycles. The summed E-state index contributed by atoms with van der Waals surface area (Å²) < 4.78 is 5.14. The predicted molar refractivity (Wildman–Crippen MR) is 105 cm³/mol. The van der Waals surface area contributed by atoms with Crippen molar-refractivity contribution in [3.8, 4) is 0 Å². The highest BCUT2D eigenvalue weighted by Crippen LogP contribution is 2.09. The van der Waals surface area contributed by atoms with Gasteiger partial charge in [-0.1, -0.05) is 37.1 Å². The molecule has 1 saturated heterocycles. The molecule has 2 N–H and O–H groups in total. The van der Waals surface area contributed by atoms with E-state index in [0.717, 1.165) is 25.5 Å². The maximum Gasteiger partial charge on any atom is 0.191 e. The SMILES string of the molecule is CN=C(NCCCN1CCCCCC1)NCc1ccc(COC)cc1. The zero-order chi connectivity index (χ0) is 17.7. The molecular formula is C20H34N4O. The van der Waals surface area contributed by atoms with Crippen LogP contribution >= 0.6 is 0 Å². The molecule has 0 radical (unpaired) electrons. The molecule has 1 aliphatic heterocycles. The molecule has 25 heavy (non-hydrogen) atoms. The number of methoxy groups -OCH3 is 1. The van der Waals surface area contributed by atoms with Gasteiger partial charge in [0.1, 0.15) is 0 Å². The zero-order valence-corrected chi connectivity index (χ0v) is 15.9. The van der Waals surface area contributed by atoms with Crippen LogP contribution in [0.2, 0.25) is 0 Å². The lowest BCUT2D eigenvalue weighted by Crippen LogP contribution is -2.38. The number of hydrogen-bond acceptors (Lipinski definition) is 3. The fourth-order valence-corrected chi connectivity index (χ4v) is 3.20. The normalized spacial score (nSPS) is 16.5. The lowest BCUT2D eigenvalue weighted by molar-refractivity contribution is 0.185. The minimum Gasteiger partial charge on any atom is -0.380 e. The van der Waals surface area contributed by atoms with Gasteiger partial charge >= 0.3 is 0 Å². The molecule has 0 saturated carbocycles. The van der Waals surface area contributed by atoms with Crippen LogP contribution in [0.3, 0.4) is 0 Å². The van der Waals surface area contributed by atoms with Crippen LogP contribution in [0.5, 0.6) is 0 Å². The molecule has 0 aliphatic carbocycles. The Labute approximate surface area is 152 Å². The van der Waals surface area contributed by atoms with Crippen molar-refractivity contribution in [2.24, 2.45) is 4.99 Å². The molecule has 0 spiro atoms. The van der Waals surface area contributed by atoms with Gasteiger partial charge in [-0.2, -0.15) is 0 Å². The maximum atomic E-state index is 5.14. The first-order valence-electron chi connectivity index (χ1n) is 9.55. The molecule has 0 bridgehead atoms. The number of hydrogen-bond donors (Lipinski definition) is 2. The van der Waals surface area contributed by atoms with Crippen LogP contribution < -0.4 is 10.6 Å². The minimum atomic E-state index is 0.661. The van der Waals surface area contributed by atoms with Gasteiger partial charge in [0.25, 0.3) is 0 Å². The van der Waals surface area contributed by atoms with Crippen molar-refractivity contribution in [2.45, 2.75) is 45.3 Å². The third kappa shape index (κ3) is 7.88. The quantitative estimate of drug-likeness (QED) is 0.432. The highest BCUT2D eigenvalue weighted by atomic mass is 16.5. The number of likely N-dealkylation sites (tertiary alicyclic amines) is 1. The Kier molecular flexibility index (Phi) is 9.37. The molecule has 5 heteroatoms. The molecule has 1 aliphatic rings. The minimum absolute atomic E-state index is 0.661. The molecule has 0 atom stereocenters. The van der Waals surface area contributed by atoms with E-state index in [1.54, 1.807) is 7.11 Å². The molecule has 0 amide bonds. The van der Waals surface area contributed by atoms with E-state index in [9.17, 15) is 0 Å². The largest absolute Gasteiger partial charge is 0.380 e. The summed E-state index contributed by atoms with van der Waals surface area (Å²) in [6.45, 7) is 6.12. The van der Waals surface area contributed by atoms with Crippen LogP contribution in [-0.2, 0) is 17.9 Å². The predicted octanol–water partition coefficient (Wildman–Crippen LogP) is 2.76. The van der Waals surface area contributed by atoms with Gasteiger partial charge < -0.3 is 20.3 Å². The Morgan fingerprint density at radius 3 is 2.36 bits per heavy atom. The van der Waals surface area contributed by atoms with Crippen LogP contribution in [0.4, 0.5) is 0 Å². The van der Waals surface area contributed by atoms with Gasteiger partial charge in [0, 0.05) is 27.2 Å². The summed E-state index contributed by atoms with van der Waals surface area (Å²) in [6.07, 6.45) is 6.68. The fourth-order valence-electron chi connectivity index (χ4n) is 3.20. The van der Waals surface area contributed by atoms with Gasteiger partial charge in [-0.3, -0.25) is 4.99 Å². The number of nitrogens with one attached hydrogen (secondary N) is 2. The van der Waals surface area contributed by atoms with E-state index in [1.807, 2.05) is 7.05 Å². The summed E-state index contributed by atoms with van der Waals surface area (Å²) >= 11 is 0. The summed E-state index contributed by atoms with van der Waals surface area (Å²) in [5.74, 6) is 0.872. The Bertz CT molecular complexity index is 493. The lowest BCUT2D eigenvalue weighted by Gasteiger charge is -2.20. The van der Waals surface area contributed by atoms with Crippen molar-refractivity contribution in [1.82, 2.24) is 15.5 Å². The van der Waals surface area contributed by atoms with Gasteiger partial charge in [0.15, 0.2) is 5.96 Å². The van der Waals surface area contributed by atoms with Crippen molar-refractivity contribution < 1.29 is 4.74 Å². The van der Waals surface area contributed by atoms with E-state index in [1.165, 1.54) is 56.4 Å². The molecule has 1 fully saturated rings. The van der Waals surface area contributed by atoms with E-state index in [4.69, 9.17) is 4.74 Å². The Morgan fingerprint density at radius 1 is 1.04 bits per heavy atom. The van der Waals surface area contributed by atoms with E-state index in [2.05, 4.69) is 44.8 Å². The highest BCUT2D eigenvalue weighted by molar-refractivity contribution is 5.79. The van der Waals surface area contributed by atoms with Gasteiger partial charge in [-0.15, -0.1) is 0 Å². The van der Waals surface area contributed by atoms with Crippen molar-refractivity contribution in [1.29, 1.82) is 0 Å². The third-order valence-corrected chi connectivity index (χ3v) is 4.66. The highest BCUT2D eigenvalue weighted by Gasteiger charge is 2.08. The first-order valence-corrected chi connectivity index (χ1v) is 9.55. The summed E-state index contributed by atoms with van der Waals surface area (Å²) in [7, 11) is 3.55. The van der Waals surface area contributed by atoms with Crippen LogP contribution in [0.15, 0.2) is 29.3 Å². The summed E-state index contributed by atoms with van der Waals surface area (Å²) in [4.78, 5) is 6.91. The van der Waals surface area contributed by atoms with Crippen LogP contribution in [0.1, 0.15) is 43.2 Å². The van der Waals surface area contributed by atoms with Crippen LogP contribution in [0.25, 0.3) is 0 Å². The average Bonchev–Trinajstić information content (AvgIpc) is 2.91. The first kappa shape index (κ1) is 19.7. The van der Waals surface area contributed by atoms with Gasteiger partial charge in [0.05, 0.1) is 6.61 Å². The number of rotatable bonds is 8. The summed E-state index contributed by atoms with van der Waals surface area (Å²) in [5, 5.41) is 6.80. The first-order chi connectivity index (χ1) is 12.3. The maximum absolute atomic E-state index is 5.14. The van der Waals surface area contributed by atoms with E-state index >= 15 is 0 Å². The van der Waals surface area contributed by atoms with E-state index < -0.39 is 0 Å². The topological polar surface area (TPSA) is 48.9 Å². The smallest absolute Gasteiger partial charge is 0.191 e. The van der Waals surface area contributed by atoms with Crippen LogP contribution in [-0.4, -0.2) is 51.2 Å². The molecule has 0 unspecified atom stereocenters. The second-order valence-corrected chi connectivity index (χ2v) is 6.71. The van der Waals surface area contributed by atoms with E-state index in [-0.39, 0.29) is 0 Å². The molecule has 1 heterocycles.